The molecular formula is C60H47N. The Labute approximate surface area is 359 Å². The Morgan fingerprint density at radius 1 is 0.443 bits per heavy atom. The van der Waals surface area contributed by atoms with Crippen LogP contribution in [-0.2, 0) is 5.41 Å². The smallest absolute Gasteiger partial charge is 0.0586 e. The van der Waals surface area contributed by atoms with E-state index >= 15 is 0 Å². The topological polar surface area (TPSA) is 3.24 Å². The quantitative estimate of drug-likeness (QED) is 0.156. The van der Waals surface area contributed by atoms with Crippen LogP contribution in [0.4, 0.5) is 11.4 Å². The molecule has 11 rings (SSSR count). The minimum Gasteiger partial charge on any atom is -0.333 e. The monoisotopic (exact) mass is 781 g/mol. The van der Waals surface area contributed by atoms with E-state index in [1.807, 2.05) is 0 Å². The second-order valence-corrected chi connectivity index (χ2v) is 17.3. The van der Waals surface area contributed by atoms with Gasteiger partial charge >= 0.3 is 0 Å². The van der Waals surface area contributed by atoms with E-state index in [0.29, 0.717) is 0 Å². The molecule has 0 fully saturated rings. The lowest BCUT2D eigenvalue weighted by Gasteiger charge is -2.38. The van der Waals surface area contributed by atoms with Gasteiger partial charge in [0.05, 0.1) is 6.04 Å². The molecule has 9 aromatic rings. The fourth-order valence-corrected chi connectivity index (χ4v) is 10.4. The van der Waals surface area contributed by atoms with Crippen LogP contribution in [0, 0.1) is 5.92 Å². The molecule has 0 N–H and O–H groups in total. The molecular weight excluding hydrogens is 735 g/mol. The molecule has 61 heavy (non-hydrogen) atoms. The highest BCUT2D eigenvalue weighted by molar-refractivity contribution is 6.08. The number of hydrogen-bond acceptors (Lipinski definition) is 1. The van der Waals surface area contributed by atoms with Gasteiger partial charge in [0.2, 0.25) is 0 Å². The summed E-state index contributed by atoms with van der Waals surface area (Å²) in [6.45, 7) is 7.09. The average Bonchev–Trinajstić information content (AvgIpc) is 3.55. The molecule has 2 atom stereocenters. The SMILES string of the molecule is CC1C=C(c2cccc3ccccc23)C=CC1N(c1ccc(-c2cccc3c2-c2ccccc2C3(C)C)cc1)c1ccccc1-c1cccc2cccc(-c3ccccc3)c12. The summed E-state index contributed by atoms with van der Waals surface area (Å²) in [5, 5.41) is 5.05. The summed E-state index contributed by atoms with van der Waals surface area (Å²) in [4.78, 5) is 2.59. The number of fused-ring (bicyclic) bond motifs is 5. The Bertz CT molecular complexity index is 3170. The van der Waals surface area contributed by atoms with Gasteiger partial charge in [-0.2, -0.15) is 0 Å². The first-order valence-corrected chi connectivity index (χ1v) is 21.6. The van der Waals surface area contributed by atoms with Crippen LogP contribution in [0.5, 0.6) is 0 Å². The molecule has 0 bridgehead atoms. The van der Waals surface area contributed by atoms with E-state index in [0.717, 1.165) is 5.69 Å². The first-order chi connectivity index (χ1) is 30.0. The molecule has 0 amide bonds. The van der Waals surface area contributed by atoms with Crippen molar-refractivity contribution < 1.29 is 0 Å². The van der Waals surface area contributed by atoms with Crippen molar-refractivity contribution >= 4 is 38.5 Å². The normalized spacial score (nSPS) is 16.3. The largest absolute Gasteiger partial charge is 0.333 e. The van der Waals surface area contributed by atoms with Crippen molar-refractivity contribution in [1.82, 2.24) is 0 Å². The van der Waals surface area contributed by atoms with Gasteiger partial charge in [-0.05, 0) is 107 Å². The number of allylic oxidation sites excluding steroid dienone is 2. The van der Waals surface area contributed by atoms with Crippen LogP contribution < -0.4 is 4.90 Å². The molecule has 2 aliphatic carbocycles. The maximum Gasteiger partial charge on any atom is 0.0586 e. The van der Waals surface area contributed by atoms with Crippen molar-refractivity contribution in [3.63, 3.8) is 0 Å². The third kappa shape index (κ3) is 6.15. The Morgan fingerprint density at radius 3 is 1.82 bits per heavy atom. The van der Waals surface area contributed by atoms with E-state index in [-0.39, 0.29) is 17.4 Å². The molecule has 0 radical (unpaired) electrons. The highest BCUT2D eigenvalue weighted by Crippen LogP contribution is 2.52. The van der Waals surface area contributed by atoms with Crippen molar-refractivity contribution in [2.24, 2.45) is 5.92 Å². The summed E-state index contributed by atoms with van der Waals surface area (Å²) in [5.41, 5.74) is 17.8. The molecule has 1 nitrogen and oxygen atoms in total. The molecule has 0 saturated heterocycles. The predicted molar refractivity (Wildman–Crippen MR) is 260 cm³/mol. The summed E-state index contributed by atoms with van der Waals surface area (Å²) in [7, 11) is 0. The standard InChI is InChI=1S/C60H47N/c1-40-39-45(48-26-13-20-41-19-7-8-23-47(41)48)35-38-56(40)61(46-36-33-43(34-37-46)50-28-16-31-55-59(50)53-25-9-11-30-54(53)60(55,2)3)57-32-12-10-24-51(57)52-29-15-22-44-21-14-27-49(58(44)52)42-17-5-4-6-18-42/h4-40,56H,1-3H3. The average molecular weight is 782 g/mol. The fraction of sp³-hybridized carbons (Fsp3) is 0.100. The van der Waals surface area contributed by atoms with Crippen LogP contribution in [0.25, 0.3) is 71.6 Å². The first kappa shape index (κ1) is 36.8. The second kappa shape index (κ2) is 14.8. The summed E-state index contributed by atoms with van der Waals surface area (Å²) >= 11 is 0. The highest BCUT2D eigenvalue weighted by atomic mass is 15.2. The van der Waals surface area contributed by atoms with E-state index in [9.17, 15) is 0 Å². The summed E-state index contributed by atoms with van der Waals surface area (Å²) in [5.74, 6) is 0.204. The fourth-order valence-electron chi connectivity index (χ4n) is 10.4. The maximum atomic E-state index is 2.59. The van der Waals surface area contributed by atoms with Gasteiger partial charge < -0.3 is 4.90 Å². The van der Waals surface area contributed by atoms with Gasteiger partial charge in [0.1, 0.15) is 0 Å². The van der Waals surface area contributed by atoms with Crippen molar-refractivity contribution in [1.29, 1.82) is 0 Å². The number of hydrogen-bond donors (Lipinski definition) is 0. The third-order valence-corrected chi connectivity index (χ3v) is 13.4. The van der Waals surface area contributed by atoms with Gasteiger partial charge in [-0.25, -0.2) is 0 Å². The van der Waals surface area contributed by atoms with Crippen molar-refractivity contribution in [2.75, 3.05) is 4.90 Å². The zero-order valence-corrected chi connectivity index (χ0v) is 34.9. The predicted octanol–water partition coefficient (Wildman–Crippen LogP) is 16.1. The van der Waals surface area contributed by atoms with E-state index < -0.39 is 0 Å². The number of anilines is 2. The lowest BCUT2D eigenvalue weighted by molar-refractivity contribution is 0.612. The molecule has 2 aliphatic rings. The van der Waals surface area contributed by atoms with E-state index in [1.54, 1.807) is 0 Å². The minimum atomic E-state index is -0.0494. The van der Waals surface area contributed by atoms with E-state index in [1.165, 1.54) is 94.0 Å². The minimum absolute atomic E-state index is 0.0494. The van der Waals surface area contributed by atoms with Crippen LogP contribution >= 0.6 is 0 Å². The Kier molecular flexibility index (Phi) is 8.94. The number of benzene rings is 9. The summed E-state index contributed by atoms with van der Waals surface area (Å²) in [6.07, 6.45) is 7.27. The molecule has 0 saturated carbocycles. The summed E-state index contributed by atoms with van der Waals surface area (Å²) < 4.78 is 0. The van der Waals surface area contributed by atoms with E-state index in [2.05, 4.69) is 244 Å². The van der Waals surface area contributed by atoms with Gasteiger partial charge in [-0.15, -0.1) is 0 Å². The van der Waals surface area contributed by atoms with Crippen LogP contribution in [0.2, 0.25) is 0 Å². The van der Waals surface area contributed by atoms with Crippen LogP contribution in [0.3, 0.4) is 0 Å². The van der Waals surface area contributed by atoms with Crippen molar-refractivity contribution in [2.45, 2.75) is 32.2 Å². The van der Waals surface area contributed by atoms with Crippen LogP contribution in [0.15, 0.2) is 218 Å². The van der Waals surface area contributed by atoms with Gasteiger partial charge in [-0.1, -0.05) is 221 Å². The zero-order valence-electron chi connectivity index (χ0n) is 34.9. The van der Waals surface area contributed by atoms with Crippen molar-refractivity contribution in [3.8, 4) is 44.5 Å². The highest BCUT2D eigenvalue weighted by Gasteiger charge is 2.36. The van der Waals surface area contributed by atoms with E-state index in [4.69, 9.17) is 0 Å². The van der Waals surface area contributed by atoms with Crippen LogP contribution in [-0.4, -0.2) is 6.04 Å². The molecule has 292 valence electrons. The number of nitrogens with zero attached hydrogens (tertiary/aromatic N) is 1. The molecule has 0 aliphatic heterocycles. The molecule has 9 aromatic carbocycles. The second-order valence-electron chi connectivity index (χ2n) is 17.3. The lowest BCUT2D eigenvalue weighted by atomic mass is 9.82. The number of para-hydroxylation sites is 1. The molecule has 1 heteroatoms. The Balaban J connectivity index is 1.07. The van der Waals surface area contributed by atoms with Crippen LogP contribution in [0.1, 0.15) is 37.5 Å². The zero-order chi connectivity index (χ0) is 41.1. The Morgan fingerprint density at radius 2 is 1.02 bits per heavy atom. The summed E-state index contributed by atoms with van der Waals surface area (Å²) in [6, 6.07) is 73.9. The molecule has 0 aromatic heterocycles. The third-order valence-electron chi connectivity index (χ3n) is 13.4. The molecule has 0 spiro atoms. The maximum absolute atomic E-state index is 2.59. The van der Waals surface area contributed by atoms with Gasteiger partial charge in [-0.3, -0.25) is 0 Å². The van der Waals surface area contributed by atoms with Crippen molar-refractivity contribution in [3.05, 3.63) is 235 Å². The van der Waals surface area contributed by atoms with Gasteiger partial charge in [0.15, 0.2) is 0 Å². The Hall–Kier alpha value is -7.22. The molecule has 2 unspecified atom stereocenters. The van der Waals surface area contributed by atoms with Gasteiger partial charge in [0.25, 0.3) is 0 Å². The molecule has 0 heterocycles. The number of rotatable bonds is 7. The first-order valence-electron chi connectivity index (χ1n) is 21.6. The van der Waals surface area contributed by atoms with Gasteiger partial charge in [0, 0.05) is 22.4 Å². The lowest BCUT2D eigenvalue weighted by Crippen LogP contribution is -2.35.